The number of aromatic nitrogens is 1. The second kappa shape index (κ2) is 8.59. The predicted molar refractivity (Wildman–Crippen MR) is 119 cm³/mol. The van der Waals surface area contributed by atoms with Gasteiger partial charge < -0.3 is 0 Å². The highest BCUT2D eigenvalue weighted by atomic mass is 32.2. The van der Waals surface area contributed by atoms with E-state index in [4.69, 9.17) is 4.98 Å². The molecule has 0 aliphatic rings. The van der Waals surface area contributed by atoms with Crippen LogP contribution in [0.15, 0.2) is 83.8 Å². The molecule has 0 saturated heterocycles. The summed E-state index contributed by atoms with van der Waals surface area (Å²) in [7, 11) is 0. The van der Waals surface area contributed by atoms with E-state index in [9.17, 15) is 4.79 Å². The molecule has 1 heterocycles. The second-order valence-corrected chi connectivity index (χ2v) is 8.65. The lowest BCUT2D eigenvalue weighted by molar-refractivity contribution is 0.0985. The molecule has 28 heavy (non-hydrogen) atoms. The summed E-state index contributed by atoms with van der Waals surface area (Å²) in [6, 6.07) is 25.9. The third-order valence-corrected chi connectivity index (χ3v) is 6.27. The van der Waals surface area contributed by atoms with Crippen molar-refractivity contribution in [2.45, 2.75) is 18.4 Å². The zero-order chi connectivity index (χ0) is 19.3. The van der Waals surface area contributed by atoms with Crippen LogP contribution in [0, 0.1) is 0 Å². The molecule has 5 heteroatoms. The van der Waals surface area contributed by atoms with Crippen LogP contribution in [-0.4, -0.2) is 16.6 Å². The van der Waals surface area contributed by atoms with Crippen LogP contribution in [0.1, 0.15) is 22.8 Å². The smallest absolute Gasteiger partial charge is 0.260 e. The average molecular weight is 405 g/mol. The number of rotatable bonds is 6. The van der Waals surface area contributed by atoms with Crippen molar-refractivity contribution < 1.29 is 4.79 Å². The fourth-order valence-corrected chi connectivity index (χ4v) is 4.69. The van der Waals surface area contributed by atoms with Crippen LogP contribution >= 0.6 is 23.1 Å². The lowest BCUT2D eigenvalue weighted by atomic mass is 10.1. The largest absolute Gasteiger partial charge is 0.279 e. The molecular formula is C23H20N2OS2. The van der Waals surface area contributed by atoms with Gasteiger partial charge in [0.15, 0.2) is 5.13 Å². The molecule has 3 nitrogen and oxygen atoms in total. The molecule has 0 N–H and O–H groups in total. The molecule has 0 saturated carbocycles. The molecule has 0 bridgehead atoms. The minimum atomic E-state index is -0.0264. The lowest BCUT2D eigenvalue weighted by Gasteiger charge is -2.20. The summed E-state index contributed by atoms with van der Waals surface area (Å²) in [5.41, 5.74) is 2.69. The highest BCUT2D eigenvalue weighted by Crippen LogP contribution is 2.31. The van der Waals surface area contributed by atoms with Gasteiger partial charge in [0.25, 0.3) is 5.91 Å². The molecule has 4 aromatic rings. The second-order valence-electron chi connectivity index (χ2n) is 6.30. The molecule has 3 aromatic carbocycles. The number of hydrogen-bond acceptors (Lipinski definition) is 4. The first-order valence-electron chi connectivity index (χ1n) is 9.19. The molecule has 0 unspecified atom stereocenters. The lowest BCUT2D eigenvalue weighted by Crippen LogP contribution is -2.30. The van der Waals surface area contributed by atoms with Gasteiger partial charge in [0, 0.05) is 10.5 Å². The third kappa shape index (κ3) is 4.11. The van der Waals surface area contributed by atoms with Crippen LogP contribution in [0.5, 0.6) is 0 Å². The normalized spacial score (nSPS) is 10.9. The number of benzene rings is 3. The Balaban J connectivity index is 1.73. The molecule has 0 aliphatic carbocycles. The van der Waals surface area contributed by atoms with Crippen molar-refractivity contribution in [3.8, 4) is 0 Å². The Bertz CT molecular complexity index is 1060. The summed E-state index contributed by atoms with van der Waals surface area (Å²) in [5.74, 6) is 0.949. The first-order chi connectivity index (χ1) is 13.7. The predicted octanol–water partition coefficient (Wildman–Crippen LogP) is 6.26. The van der Waals surface area contributed by atoms with E-state index in [1.54, 1.807) is 28.0 Å². The summed E-state index contributed by atoms with van der Waals surface area (Å²) in [6.45, 7) is 2.60. The van der Waals surface area contributed by atoms with Gasteiger partial charge in [-0.2, -0.15) is 0 Å². The molecule has 0 aliphatic heterocycles. The SMILES string of the molecule is CCSc1cccc(C(=O)N(Cc2ccccc2)c2nc3ccccc3s2)c1. The van der Waals surface area contributed by atoms with Gasteiger partial charge in [-0.1, -0.05) is 66.8 Å². The summed E-state index contributed by atoms with van der Waals surface area (Å²) < 4.78 is 1.08. The van der Waals surface area contributed by atoms with Gasteiger partial charge in [0.1, 0.15) is 0 Å². The van der Waals surface area contributed by atoms with Gasteiger partial charge in [-0.3, -0.25) is 9.69 Å². The molecule has 0 radical (unpaired) electrons. The Morgan fingerprint density at radius 3 is 2.57 bits per heavy atom. The van der Waals surface area contributed by atoms with Crippen molar-refractivity contribution >= 4 is 44.4 Å². The maximum absolute atomic E-state index is 13.5. The Kier molecular flexibility index (Phi) is 5.74. The van der Waals surface area contributed by atoms with E-state index in [0.717, 1.165) is 31.6 Å². The quantitative estimate of drug-likeness (QED) is 0.356. The number of hydrogen-bond donors (Lipinski definition) is 0. The minimum Gasteiger partial charge on any atom is -0.279 e. The monoisotopic (exact) mass is 404 g/mol. The Hall–Kier alpha value is -2.63. The molecular weight excluding hydrogens is 384 g/mol. The number of carbonyl (C=O) groups is 1. The van der Waals surface area contributed by atoms with Gasteiger partial charge in [-0.15, -0.1) is 11.8 Å². The molecule has 4 rings (SSSR count). The summed E-state index contributed by atoms with van der Waals surface area (Å²) in [4.78, 5) is 21.1. The van der Waals surface area contributed by atoms with Gasteiger partial charge in [0.2, 0.25) is 0 Å². The molecule has 0 fully saturated rings. The van der Waals surface area contributed by atoms with E-state index in [1.165, 1.54) is 0 Å². The Morgan fingerprint density at radius 2 is 1.79 bits per heavy atom. The van der Waals surface area contributed by atoms with Gasteiger partial charge in [0.05, 0.1) is 16.8 Å². The fourth-order valence-electron chi connectivity index (χ4n) is 3.01. The van der Waals surface area contributed by atoms with E-state index < -0.39 is 0 Å². The van der Waals surface area contributed by atoms with Crippen molar-refractivity contribution in [2.75, 3.05) is 10.7 Å². The van der Waals surface area contributed by atoms with Crippen molar-refractivity contribution in [3.05, 3.63) is 90.0 Å². The topological polar surface area (TPSA) is 33.2 Å². The number of anilines is 1. The molecule has 1 aromatic heterocycles. The van der Waals surface area contributed by atoms with E-state index in [2.05, 4.69) is 6.92 Å². The number of amides is 1. The van der Waals surface area contributed by atoms with Crippen molar-refractivity contribution in [2.24, 2.45) is 0 Å². The molecule has 0 atom stereocenters. The number of thiazole rings is 1. The van der Waals surface area contributed by atoms with Crippen LogP contribution < -0.4 is 4.90 Å². The first-order valence-corrected chi connectivity index (χ1v) is 11.0. The van der Waals surface area contributed by atoms with Crippen LogP contribution in [0.25, 0.3) is 10.2 Å². The standard InChI is InChI=1S/C23H20N2OS2/c1-2-27-19-12-8-11-18(15-19)22(26)25(16-17-9-4-3-5-10-17)23-24-20-13-6-7-14-21(20)28-23/h3-15H,2,16H2,1H3. The minimum absolute atomic E-state index is 0.0264. The highest BCUT2D eigenvalue weighted by Gasteiger charge is 2.22. The average Bonchev–Trinajstić information content (AvgIpc) is 3.17. The Labute approximate surface area is 173 Å². The number of fused-ring (bicyclic) bond motifs is 1. The van der Waals surface area contributed by atoms with Gasteiger partial charge in [-0.25, -0.2) is 4.98 Å². The van der Waals surface area contributed by atoms with Crippen molar-refractivity contribution in [1.29, 1.82) is 0 Å². The van der Waals surface area contributed by atoms with Crippen LogP contribution in [-0.2, 0) is 6.54 Å². The summed E-state index contributed by atoms with van der Waals surface area (Å²) in [6.07, 6.45) is 0. The van der Waals surface area contributed by atoms with E-state index in [1.807, 2.05) is 78.9 Å². The van der Waals surface area contributed by atoms with Crippen LogP contribution in [0.3, 0.4) is 0 Å². The first kappa shape index (κ1) is 18.7. The van der Waals surface area contributed by atoms with Crippen LogP contribution in [0.2, 0.25) is 0 Å². The maximum Gasteiger partial charge on any atom is 0.260 e. The van der Waals surface area contributed by atoms with Gasteiger partial charge >= 0.3 is 0 Å². The van der Waals surface area contributed by atoms with E-state index in [0.29, 0.717) is 12.1 Å². The number of thioether (sulfide) groups is 1. The van der Waals surface area contributed by atoms with Gasteiger partial charge in [-0.05, 0) is 41.6 Å². The number of carbonyl (C=O) groups excluding carboxylic acids is 1. The third-order valence-electron chi connectivity index (χ3n) is 4.33. The van der Waals surface area contributed by atoms with Crippen molar-refractivity contribution in [1.82, 2.24) is 4.98 Å². The zero-order valence-electron chi connectivity index (χ0n) is 15.5. The number of nitrogens with zero attached hydrogens (tertiary/aromatic N) is 2. The van der Waals surface area contributed by atoms with E-state index in [-0.39, 0.29) is 5.91 Å². The summed E-state index contributed by atoms with van der Waals surface area (Å²) in [5, 5.41) is 0.726. The summed E-state index contributed by atoms with van der Waals surface area (Å²) >= 11 is 3.29. The Morgan fingerprint density at radius 1 is 1.00 bits per heavy atom. The number of para-hydroxylation sites is 1. The maximum atomic E-state index is 13.5. The van der Waals surface area contributed by atoms with E-state index >= 15 is 0 Å². The zero-order valence-corrected chi connectivity index (χ0v) is 17.2. The highest BCUT2D eigenvalue weighted by molar-refractivity contribution is 7.99. The van der Waals surface area contributed by atoms with Crippen LogP contribution in [0.4, 0.5) is 5.13 Å². The fraction of sp³-hybridized carbons (Fsp3) is 0.130. The molecule has 0 spiro atoms. The molecule has 1 amide bonds. The van der Waals surface area contributed by atoms with Crippen molar-refractivity contribution in [3.63, 3.8) is 0 Å². The molecule has 140 valence electrons.